The number of aliphatic hydroxyl groups is 1. The minimum atomic E-state index is -0.638. The molecule has 1 heterocycles. The molecule has 0 spiro atoms. The molecule has 1 aromatic heterocycles. The van der Waals surface area contributed by atoms with Gasteiger partial charge in [-0.05, 0) is 37.7 Å². The van der Waals surface area contributed by atoms with E-state index in [1.807, 2.05) is 6.07 Å². The Hall–Kier alpha value is -1.96. The largest absolute Gasteiger partial charge is 0.467 e. The Kier molecular flexibility index (Phi) is 11.6. The number of hydrogen-bond acceptors (Lipinski definition) is 6. The summed E-state index contributed by atoms with van der Waals surface area (Å²) in [6, 6.07) is 10.7. The molecular formula is C24H37N3O3S. The van der Waals surface area contributed by atoms with Crippen LogP contribution in [-0.2, 0) is 6.42 Å². The van der Waals surface area contributed by atoms with E-state index < -0.39 is 6.10 Å². The third-order valence-corrected chi connectivity index (χ3v) is 5.92. The van der Waals surface area contributed by atoms with Crippen LogP contribution in [0.3, 0.4) is 0 Å². The van der Waals surface area contributed by atoms with Crippen LogP contribution < -0.4 is 15.4 Å². The number of thiazole rings is 1. The van der Waals surface area contributed by atoms with Crippen LogP contribution in [0, 0.1) is 5.92 Å². The van der Waals surface area contributed by atoms with E-state index in [0.717, 1.165) is 25.7 Å². The van der Waals surface area contributed by atoms with E-state index in [0.29, 0.717) is 35.1 Å². The molecule has 172 valence electrons. The molecule has 1 amide bonds. The lowest BCUT2D eigenvalue weighted by atomic mass is 10.1. The van der Waals surface area contributed by atoms with Crippen molar-refractivity contribution >= 4 is 17.2 Å². The van der Waals surface area contributed by atoms with Crippen LogP contribution in [0.5, 0.6) is 5.19 Å². The molecule has 0 bridgehead atoms. The van der Waals surface area contributed by atoms with Gasteiger partial charge in [0, 0.05) is 19.1 Å². The number of aliphatic hydroxyl groups excluding tert-OH is 1. The molecule has 2 atom stereocenters. The fourth-order valence-corrected chi connectivity index (χ4v) is 3.78. The molecule has 0 aliphatic heterocycles. The third-order valence-electron chi connectivity index (χ3n) is 5.01. The van der Waals surface area contributed by atoms with Gasteiger partial charge in [0.15, 0.2) is 0 Å². The normalized spacial score (nSPS) is 13.2. The molecule has 0 saturated heterocycles. The highest BCUT2D eigenvalue weighted by atomic mass is 32.1. The minimum Gasteiger partial charge on any atom is -0.467 e. The number of hydrogen-bond donors (Lipinski definition) is 3. The van der Waals surface area contributed by atoms with Gasteiger partial charge < -0.3 is 20.5 Å². The summed E-state index contributed by atoms with van der Waals surface area (Å²) in [5.74, 6) is 0.575. The number of amides is 1. The van der Waals surface area contributed by atoms with E-state index >= 15 is 0 Å². The summed E-state index contributed by atoms with van der Waals surface area (Å²) in [5.41, 5.74) is 1.32. The number of carbonyl (C=O) groups is 1. The molecular weight excluding hydrogens is 410 g/mol. The van der Waals surface area contributed by atoms with Crippen LogP contribution >= 0.6 is 11.3 Å². The van der Waals surface area contributed by atoms with Crippen LogP contribution in [-0.4, -0.2) is 47.8 Å². The lowest BCUT2D eigenvalue weighted by Gasteiger charge is -2.17. The highest BCUT2D eigenvalue weighted by molar-refractivity contribution is 7.15. The lowest BCUT2D eigenvalue weighted by Crippen LogP contribution is -2.36. The second-order valence-electron chi connectivity index (χ2n) is 8.43. The van der Waals surface area contributed by atoms with Gasteiger partial charge in [-0.25, -0.2) is 4.98 Å². The molecule has 2 unspecified atom stereocenters. The Balaban J connectivity index is 1.59. The van der Waals surface area contributed by atoms with Crippen LogP contribution in [0.25, 0.3) is 0 Å². The van der Waals surface area contributed by atoms with Crippen LogP contribution in [0.1, 0.15) is 61.7 Å². The average Bonchev–Trinajstić information content (AvgIpc) is 3.24. The first-order valence-corrected chi connectivity index (χ1v) is 12.1. The van der Waals surface area contributed by atoms with E-state index in [1.54, 1.807) is 0 Å². The summed E-state index contributed by atoms with van der Waals surface area (Å²) < 4.78 is 5.57. The van der Waals surface area contributed by atoms with Crippen molar-refractivity contribution in [3.63, 3.8) is 0 Å². The number of nitrogens with zero attached hydrogens (tertiary/aromatic N) is 1. The quantitative estimate of drug-likeness (QED) is 0.359. The molecule has 0 fully saturated rings. The van der Waals surface area contributed by atoms with Gasteiger partial charge in [0.25, 0.3) is 11.1 Å². The van der Waals surface area contributed by atoms with Gasteiger partial charge in [0.2, 0.25) is 0 Å². The molecule has 0 aliphatic rings. The van der Waals surface area contributed by atoms with Crippen molar-refractivity contribution in [3.8, 4) is 5.19 Å². The number of benzene rings is 1. The van der Waals surface area contributed by atoms with Gasteiger partial charge in [-0.2, -0.15) is 0 Å². The van der Waals surface area contributed by atoms with Crippen molar-refractivity contribution in [2.75, 3.05) is 19.7 Å². The fraction of sp³-hybridized carbons (Fsp3) is 0.583. The summed E-state index contributed by atoms with van der Waals surface area (Å²) in [5, 5.41) is 16.8. The molecule has 2 aromatic rings. The van der Waals surface area contributed by atoms with Crippen molar-refractivity contribution in [2.24, 2.45) is 5.92 Å². The minimum absolute atomic E-state index is 0.119. The highest BCUT2D eigenvalue weighted by Gasteiger charge is 2.13. The average molecular weight is 448 g/mol. The van der Waals surface area contributed by atoms with Crippen molar-refractivity contribution in [2.45, 2.75) is 65.0 Å². The molecule has 0 saturated carbocycles. The number of unbranched alkanes of at least 4 members (excludes halogenated alkanes) is 1. The number of rotatable bonds is 15. The van der Waals surface area contributed by atoms with Gasteiger partial charge in [0.1, 0.15) is 17.6 Å². The Morgan fingerprint density at radius 1 is 1.16 bits per heavy atom. The summed E-state index contributed by atoms with van der Waals surface area (Å²) >= 11 is 1.20. The molecule has 0 aliphatic carbocycles. The smallest absolute Gasteiger partial charge is 0.273 e. The number of ether oxygens (including phenoxy) is 1. The Morgan fingerprint density at radius 3 is 2.68 bits per heavy atom. The van der Waals surface area contributed by atoms with Crippen LogP contribution in [0.4, 0.5) is 0 Å². The first-order chi connectivity index (χ1) is 14.9. The SMILES string of the molecule is CC(C)CCCCNC(=O)c1cnc(OCC(O)CNC(C)CCc2ccccc2)s1. The summed E-state index contributed by atoms with van der Waals surface area (Å²) in [7, 11) is 0. The molecule has 0 radical (unpaired) electrons. The Morgan fingerprint density at radius 2 is 1.94 bits per heavy atom. The number of carbonyl (C=O) groups excluding carboxylic acids is 1. The molecule has 1 aromatic carbocycles. The first-order valence-electron chi connectivity index (χ1n) is 11.3. The first kappa shape index (κ1) is 25.3. The summed E-state index contributed by atoms with van der Waals surface area (Å²) in [6.07, 6.45) is 6.17. The molecule has 6 nitrogen and oxygen atoms in total. The summed E-state index contributed by atoms with van der Waals surface area (Å²) in [4.78, 5) is 16.8. The maximum absolute atomic E-state index is 12.2. The molecule has 7 heteroatoms. The van der Waals surface area contributed by atoms with Gasteiger partial charge in [-0.1, -0.05) is 68.4 Å². The van der Waals surface area contributed by atoms with Gasteiger partial charge >= 0.3 is 0 Å². The standard InChI is InChI=1S/C24H37N3O3S/c1-18(2)9-7-8-14-25-23(29)22-16-27-24(31-22)30-17-21(28)15-26-19(3)12-13-20-10-5-4-6-11-20/h4-6,10-11,16,18-19,21,26,28H,7-9,12-15,17H2,1-3H3,(H,25,29). The third kappa shape index (κ3) is 10.8. The fourth-order valence-electron chi connectivity index (χ4n) is 3.09. The van der Waals surface area contributed by atoms with Crippen LogP contribution in [0.15, 0.2) is 36.5 Å². The van der Waals surface area contributed by atoms with E-state index in [9.17, 15) is 9.90 Å². The number of aromatic nitrogens is 1. The van der Waals surface area contributed by atoms with E-state index in [4.69, 9.17) is 4.74 Å². The lowest BCUT2D eigenvalue weighted by molar-refractivity contribution is 0.0956. The van der Waals surface area contributed by atoms with Crippen LogP contribution in [0.2, 0.25) is 0 Å². The van der Waals surface area contributed by atoms with Crippen molar-refractivity contribution in [1.29, 1.82) is 0 Å². The van der Waals surface area contributed by atoms with Gasteiger partial charge in [0.05, 0.1) is 6.20 Å². The summed E-state index contributed by atoms with van der Waals surface area (Å²) in [6.45, 7) is 7.79. The zero-order valence-corrected chi connectivity index (χ0v) is 19.8. The molecule has 3 N–H and O–H groups in total. The topological polar surface area (TPSA) is 83.5 Å². The Labute approximate surface area is 190 Å². The second kappa shape index (κ2) is 14.2. The highest BCUT2D eigenvalue weighted by Crippen LogP contribution is 2.20. The van der Waals surface area contributed by atoms with Gasteiger partial charge in [-0.15, -0.1) is 0 Å². The van der Waals surface area contributed by atoms with Crippen molar-refractivity contribution in [3.05, 3.63) is 47.0 Å². The predicted octanol–water partition coefficient (Wildman–Crippen LogP) is 4.05. The number of aryl methyl sites for hydroxylation is 1. The van der Waals surface area contributed by atoms with Crippen molar-refractivity contribution < 1.29 is 14.6 Å². The molecule has 31 heavy (non-hydrogen) atoms. The van der Waals surface area contributed by atoms with Crippen molar-refractivity contribution in [1.82, 2.24) is 15.6 Å². The van der Waals surface area contributed by atoms with Gasteiger partial charge in [-0.3, -0.25) is 4.79 Å². The Bertz CT molecular complexity index is 752. The predicted molar refractivity (Wildman–Crippen MR) is 127 cm³/mol. The zero-order valence-electron chi connectivity index (χ0n) is 19.0. The zero-order chi connectivity index (χ0) is 22.5. The number of nitrogens with one attached hydrogen (secondary N) is 2. The second-order valence-corrected chi connectivity index (χ2v) is 9.43. The van der Waals surface area contributed by atoms with E-state index in [2.05, 4.69) is 60.7 Å². The monoisotopic (exact) mass is 447 g/mol. The molecule has 2 rings (SSSR count). The maximum atomic E-state index is 12.2. The van der Waals surface area contributed by atoms with E-state index in [-0.39, 0.29) is 12.5 Å². The maximum Gasteiger partial charge on any atom is 0.273 e. The van der Waals surface area contributed by atoms with E-state index in [1.165, 1.54) is 29.5 Å².